The maximum absolute atomic E-state index is 13.1. The van der Waals surface area contributed by atoms with Gasteiger partial charge in [-0.1, -0.05) is 47.6 Å². The third kappa shape index (κ3) is 3.87. The molecule has 31 heavy (non-hydrogen) atoms. The van der Waals surface area contributed by atoms with Gasteiger partial charge in [-0.3, -0.25) is 4.72 Å². The van der Waals surface area contributed by atoms with E-state index in [9.17, 15) is 8.42 Å². The van der Waals surface area contributed by atoms with Crippen LogP contribution in [-0.2, 0) is 27.8 Å². The van der Waals surface area contributed by atoms with Gasteiger partial charge in [0.25, 0.3) is 15.9 Å². The molecule has 9 heteroatoms. The first-order chi connectivity index (χ1) is 15.0. The number of nitrogens with zero attached hydrogens (tertiary/aromatic N) is 2. The van der Waals surface area contributed by atoms with Gasteiger partial charge in [0.1, 0.15) is 5.00 Å². The molecule has 2 aromatic carbocycles. The molecule has 1 aliphatic heterocycles. The Labute approximate surface area is 183 Å². The molecule has 7 nitrogen and oxygen atoms in total. The number of anilines is 1. The number of aromatic nitrogens is 2. The molecule has 158 valence electrons. The number of benzene rings is 2. The van der Waals surface area contributed by atoms with Gasteiger partial charge in [0.2, 0.25) is 0 Å². The lowest BCUT2D eigenvalue weighted by molar-refractivity contribution is 0.113. The van der Waals surface area contributed by atoms with Crippen LogP contribution in [0, 0.1) is 6.92 Å². The summed E-state index contributed by atoms with van der Waals surface area (Å²) in [5.74, 6) is 0.807. The fraction of sp³-hybridized carbons (Fsp3) is 0.182. The van der Waals surface area contributed by atoms with Crippen molar-refractivity contribution in [1.82, 2.24) is 10.1 Å². The van der Waals surface area contributed by atoms with E-state index in [2.05, 4.69) is 14.9 Å². The number of rotatable bonds is 5. The van der Waals surface area contributed by atoms with E-state index in [1.54, 1.807) is 31.2 Å². The second-order valence-electron chi connectivity index (χ2n) is 7.15. The lowest BCUT2D eigenvalue weighted by Crippen LogP contribution is -2.13. The average Bonchev–Trinajstić information content (AvgIpc) is 3.36. The van der Waals surface area contributed by atoms with E-state index in [1.807, 2.05) is 30.3 Å². The van der Waals surface area contributed by atoms with Gasteiger partial charge in [-0.15, -0.1) is 11.3 Å². The molecule has 1 aliphatic rings. The summed E-state index contributed by atoms with van der Waals surface area (Å²) in [6.07, 6.45) is 0.663. The first kappa shape index (κ1) is 19.9. The van der Waals surface area contributed by atoms with Crippen LogP contribution in [0.4, 0.5) is 5.00 Å². The van der Waals surface area contributed by atoms with Crippen LogP contribution in [0.15, 0.2) is 64.0 Å². The van der Waals surface area contributed by atoms with Crippen LogP contribution in [0.1, 0.15) is 16.3 Å². The topological polar surface area (TPSA) is 94.3 Å². The van der Waals surface area contributed by atoms with E-state index >= 15 is 0 Å². The minimum atomic E-state index is -3.81. The minimum Gasteiger partial charge on any atom is -0.376 e. The van der Waals surface area contributed by atoms with E-state index in [4.69, 9.17) is 9.26 Å². The highest BCUT2D eigenvalue weighted by Gasteiger charge is 2.28. The Morgan fingerprint density at radius 3 is 2.48 bits per heavy atom. The number of ether oxygens (including phenoxy) is 1. The van der Waals surface area contributed by atoms with Gasteiger partial charge in [0, 0.05) is 4.88 Å². The highest BCUT2D eigenvalue weighted by molar-refractivity contribution is 7.93. The van der Waals surface area contributed by atoms with Crippen LogP contribution in [-0.4, -0.2) is 25.2 Å². The van der Waals surface area contributed by atoms with Crippen molar-refractivity contribution in [2.24, 2.45) is 0 Å². The van der Waals surface area contributed by atoms with Gasteiger partial charge >= 0.3 is 0 Å². The van der Waals surface area contributed by atoms with Gasteiger partial charge in [0.15, 0.2) is 5.82 Å². The van der Waals surface area contributed by atoms with Gasteiger partial charge in [-0.2, -0.15) is 4.98 Å². The number of sulfonamides is 1. The number of hydrogen-bond acceptors (Lipinski definition) is 7. The van der Waals surface area contributed by atoms with Crippen molar-refractivity contribution in [3.63, 3.8) is 0 Å². The maximum Gasteiger partial charge on any atom is 0.262 e. The monoisotopic (exact) mass is 453 g/mol. The van der Waals surface area contributed by atoms with E-state index in [0.29, 0.717) is 41.9 Å². The number of aryl methyl sites for hydroxylation is 1. The van der Waals surface area contributed by atoms with Crippen LogP contribution in [0.2, 0.25) is 0 Å². The molecule has 0 radical (unpaired) electrons. The standard InChI is InChI=1S/C22H19N3O4S2/c1-14-23-21(29-24-14)20-18-11-12-28-13-19(18)30-22(20)25-31(26,27)17-9-7-16(8-10-17)15-5-3-2-4-6-15/h2-10,25H,11-13H2,1H3. The molecule has 0 atom stereocenters. The van der Waals surface area contributed by atoms with Gasteiger partial charge < -0.3 is 9.26 Å². The molecule has 2 aromatic heterocycles. The predicted octanol–water partition coefficient (Wildman–Crippen LogP) is 4.65. The molecular weight excluding hydrogens is 434 g/mol. The maximum atomic E-state index is 13.1. The molecule has 4 aromatic rings. The van der Waals surface area contributed by atoms with E-state index in [1.165, 1.54) is 11.3 Å². The van der Waals surface area contributed by atoms with Crippen molar-refractivity contribution in [3.05, 3.63) is 70.9 Å². The summed E-state index contributed by atoms with van der Waals surface area (Å²) in [6, 6.07) is 16.6. The van der Waals surface area contributed by atoms with Crippen molar-refractivity contribution in [1.29, 1.82) is 0 Å². The first-order valence-corrected chi connectivity index (χ1v) is 12.0. The second kappa shape index (κ2) is 7.92. The van der Waals surface area contributed by atoms with Crippen LogP contribution in [0.3, 0.4) is 0 Å². The van der Waals surface area contributed by atoms with Crippen LogP contribution >= 0.6 is 11.3 Å². The Balaban J connectivity index is 1.50. The zero-order valence-corrected chi connectivity index (χ0v) is 18.3. The Hall–Kier alpha value is -3.01. The summed E-state index contributed by atoms with van der Waals surface area (Å²) in [6.45, 7) is 2.73. The molecule has 0 unspecified atom stereocenters. The smallest absolute Gasteiger partial charge is 0.262 e. The van der Waals surface area contributed by atoms with Crippen molar-refractivity contribution >= 4 is 26.4 Å². The highest BCUT2D eigenvalue weighted by Crippen LogP contribution is 2.43. The molecule has 0 aliphatic carbocycles. The van der Waals surface area contributed by atoms with E-state index in [0.717, 1.165) is 21.6 Å². The highest BCUT2D eigenvalue weighted by atomic mass is 32.2. The Bertz CT molecular complexity index is 1330. The summed E-state index contributed by atoms with van der Waals surface area (Å²) in [5, 5.41) is 4.33. The number of hydrogen-bond donors (Lipinski definition) is 1. The molecule has 0 fully saturated rings. The largest absolute Gasteiger partial charge is 0.376 e. The quantitative estimate of drug-likeness (QED) is 0.473. The van der Waals surface area contributed by atoms with Gasteiger partial charge in [-0.05, 0) is 42.2 Å². The summed E-state index contributed by atoms with van der Waals surface area (Å²) >= 11 is 1.34. The zero-order chi connectivity index (χ0) is 21.4. The van der Waals surface area contributed by atoms with Gasteiger partial charge in [0.05, 0.1) is 23.7 Å². The summed E-state index contributed by atoms with van der Waals surface area (Å²) in [7, 11) is -3.81. The molecule has 0 bridgehead atoms. The van der Waals surface area contributed by atoms with Crippen LogP contribution in [0.25, 0.3) is 22.6 Å². The van der Waals surface area contributed by atoms with Crippen molar-refractivity contribution in [3.8, 4) is 22.6 Å². The Kier molecular flexibility index (Phi) is 5.09. The number of nitrogens with one attached hydrogen (secondary N) is 1. The summed E-state index contributed by atoms with van der Waals surface area (Å²) in [4.78, 5) is 5.47. The fourth-order valence-corrected chi connectivity index (χ4v) is 6.05. The minimum absolute atomic E-state index is 0.183. The number of fused-ring (bicyclic) bond motifs is 1. The van der Waals surface area contributed by atoms with E-state index in [-0.39, 0.29) is 4.90 Å². The lowest BCUT2D eigenvalue weighted by Gasteiger charge is -2.12. The molecule has 0 amide bonds. The van der Waals surface area contributed by atoms with Gasteiger partial charge in [-0.25, -0.2) is 8.42 Å². The SMILES string of the molecule is Cc1noc(-c2c(NS(=O)(=O)c3ccc(-c4ccccc4)cc3)sc3c2CCOC3)n1. The normalized spacial score (nSPS) is 13.7. The summed E-state index contributed by atoms with van der Waals surface area (Å²) < 4.78 is 39.9. The average molecular weight is 454 g/mol. The molecule has 0 saturated carbocycles. The predicted molar refractivity (Wildman–Crippen MR) is 118 cm³/mol. The van der Waals surface area contributed by atoms with Crippen molar-refractivity contribution < 1.29 is 17.7 Å². The molecule has 1 N–H and O–H groups in total. The molecule has 3 heterocycles. The number of thiophene rings is 1. The zero-order valence-electron chi connectivity index (χ0n) is 16.7. The van der Waals surface area contributed by atoms with E-state index < -0.39 is 10.0 Å². The first-order valence-electron chi connectivity index (χ1n) is 9.72. The second-order valence-corrected chi connectivity index (χ2v) is 9.94. The van der Waals surface area contributed by atoms with Crippen LogP contribution in [0.5, 0.6) is 0 Å². The Morgan fingerprint density at radius 2 is 1.77 bits per heavy atom. The van der Waals surface area contributed by atoms with Crippen molar-refractivity contribution in [2.75, 3.05) is 11.3 Å². The molecule has 0 spiro atoms. The molecule has 5 rings (SSSR count). The Morgan fingerprint density at radius 1 is 1.03 bits per heavy atom. The van der Waals surface area contributed by atoms with Crippen molar-refractivity contribution in [2.45, 2.75) is 24.8 Å². The van der Waals surface area contributed by atoms with Crippen LogP contribution < -0.4 is 4.72 Å². The third-order valence-corrected chi connectivity index (χ3v) is 7.68. The lowest BCUT2D eigenvalue weighted by atomic mass is 10.1. The summed E-state index contributed by atoms with van der Waals surface area (Å²) in [5.41, 5.74) is 3.62. The molecular formula is C22H19N3O4S2. The molecule has 0 saturated heterocycles. The fourth-order valence-electron chi connectivity index (χ4n) is 3.57. The third-order valence-electron chi connectivity index (χ3n) is 5.06.